The lowest BCUT2D eigenvalue weighted by Crippen LogP contribution is -2.26. The molecule has 0 unspecified atom stereocenters. The number of carbonyl (C=O) groups is 1. The van der Waals surface area contributed by atoms with Gasteiger partial charge in [0.15, 0.2) is 11.6 Å². The molecule has 0 aliphatic heterocycles. The first kappa shape index (κ1) is 23.1. The van der Waals surface area contributed by atoms with Gasteiger partial charge < -0.3 is 15.5 Å². The van der Waals surface area contributed by atoms with Gasteiger partial charge in [-0.1, -0.05) is 0 Å². The Morgan fingerprint density at radius 3 is 2.59 bits per heavy atom. The van der Waals surface area contributed by atoms with Crippen LogP contribution in [0.25, 0.3) is 0 Å². The number of nitrogens with one attached hydrogen (secondary N) is 2. The van der Waals surface area contributed by atoms with E-state index < -0.39 is 29.0 Å². The molecule has 0 bridgehead atoms. The lowest BCUT2D eigenvalue weighted by atomic mass is 10.1. The number of hydrogen-bond acceptors (Lipinski definition) is 6. The van der Waals surface area contributed by atoms with Gasteiger partial charge >= 0.3 is 0 Å². The molecule has 0 aliphatic rings. The second kappa shape index (κ2) is 11.1. The predicted molar refractivity (Wildman–Crippen MR) is 109 cm³/mol. The summed E-state index contributed by atoms with van der Waals surface area (Å²) in [6.45, 7) is -0.949. The summed E-state index contributed by atoms with van der Waals surface area (Å²) in [7, 11) is 0. The number of benzene rings is 2. The largest absolute Gasteiger partial charge is 0.394 e. The molecule has 0 aromatic heterocycles. The SMILES string of the molecule is O=C(NOCCO)c1cc(C=NCCO)c(F)c(F)c1Nc1ccc(I)cc1F. The lowest BCUT2D eigenvalue weighted by molar-refractivity contribution is 0.0168. The monoisotopic (exact) mass is 523 g/mol. The van der Waals surface area contributed by atoms with E-state index in [9.17, 15) is 18.0 Å². The molecule has 29 heavy (non-hydrogen) atoms. The number of halogens is 4. The molecule has 11 heteroatoms. The van der Waals surface area contributed by atoms with Crippen molar-refractivity contribution in [3.63, 3.8) is 0 Å². The van der Waals surface area contributed by atoms with Crippen LogP contribution >= 0.6 is 22.6 Å². The molecular formula is C18H17F3IN3O4. The summed E-state index contributed by atoms with van der Waals surface area (Å²) in [5, 5.41) is 19.9. The summed E-state index contributed by atoms with van der Waals surface area (Å²) < 4.78 is 43.9. The highest BCUT2D eigenvalue weighted by Crippen LogP contribution is 2.30. The molecule has 0 radical (unpaired) electrons. The highest BCUT2D eigenvalue weighted by molar-refractivity contribution is 14.1. The molecule has 1 amide bonds. The summed E-state index contributed by atoms with van der Waals surface area (Å²) in [5.74, 6) is -4.42. The second-order valence-electron chi connectivity index (χ2n) is 5.53. The molecule has 0 spiro atoms. The number of hydroxylamine groups is 1. The summed E-state index contributed by atoms with van der Waals surface area (Å²) in [6, 6.07) is 5.04. The average molecular weight is 523 g/mol. The van der Waals surface area contributed by atoms with Crippen molar-refractivity contribution in [2.24, 2.45) is 4.99 Å². The van der Waals surface area contributed by atoms with Crippen LogP contribution in [0.1, 0.15) is 15.9 Å². The molecule has 0 heterocycles. The minimum absolute atomic E-state index is 0.0456. The third kappa shape index (κ3) is 6.13. The van der Waals surface area contributed by atoms with Crippen LogP contribution in [0.5, 0.6) is 0 Å². The van der Waals surface area contributed by atoms with Gasteiger partial charge in [0, 0.05) is 15.3 Å². The molecule has 0 atom stereocenters. The molecule has 2 rings (SSSR count). The van der Waals surface area contributed by atoms with E-state index in [4.69, 9.17) is 15.1 Å². The summed E-state index contributed by atoms with van der Waals surface area (Å²) in [4.78, 5) is 20.8. The maximum atomic E-state index is 14.7. The summed E-state index contributed by atoms with van der Waals surface area (Å²) in [6.07, 6.45) is 0.967. The van der Waals surface area contributed by atoms with Crippen molar-refractivity contribution in [2.75, 3.05) is 31.7 Å². The first-order chi connectivity index (χ1) is 13.9. The first-order valence-electron chi connectivity index (χ1n) is 8.26. The maximum Gasteiger partial charge on any atom is 0.277 e. The van der Waals surface area contributed by atoms with Crippen molar-refractivity contribution in [2.45, 2.75) is 0 Å². The Labute approximate surface area is 177 Å². The Hall–Kier alpha value is -2.22. The Morgan fingerprint density at radius 1 is 1.17 bits per heavy atom. The van der Waals surface area contributed by atoms with Crippen LogP contribution in [0.2, 0.25) is 0 Å². The lowest BCUT2D eigenvalue weighted by Gasteiger charge is -2.15. The third-order valence-corrected chi connectivity index (χ3v) is 4.16. The molecular weight excluding hydrogens is 506 g/mol. The Bertz CT molecular complexity index is 912. The zero-order valence-electron chi connectivity index (χ0n) is 14.9. The van der Waals surface area contributed by atoms with E-state index in [-0.39, 0.29) is 43.2 Å². The second-order valence-corrected chi connectivity index (χ2v) is 6.77. The normalized spacial score (nSPS) is 11.1. The fraction of sp³-hybridized carbons (Fsp3) is 0.222. The molecule has 2 aromatic rings. The maximum absolute atomic E-state index is 14.7. The van der Waals surface area contributed by atoms with Gasteiger partial charge in [0.05, 0.1) is 43.3 Å². The van der Waals surface area contributed by atoms with E-state index in [0.717, 1.165) is 12.3 Å². The van der Waals surface area contributed by atoms with Gasteiger partial charge in [-0.15, -0.1) is 0 Å². The van der Waals surface area contributed by atoms with E-state index in [1.807, 2.05) is 28.1 Å². The highest BCUT2D eigenvalue weighted by atomic mass is 127. The first-order valence-corrected chi connectivity index (χ1v) is 9.34. The smallest absolute Gasteiger partial charge is 0.277 e. The number of rotatable bonds is 9. The fourth-order valence-corrected chi connectivity index (χ4v) is 2.66. The fourth-order valence-electron chi connectivity index (χ4n) is 2.20. The summed E-state index contributed by atoms with van der Waals surface area (Å²) >= 11 is 1.89. The van der Waals surface area contributed by atoms with Crippen molar-refractivity contribution in [3.8, 4) is 0 Å². The van der Waals surface area contributed by atoms with Crippen molar-refractivity contribution < 1.29 is 33.0 Å². The van der Waals surface area contributed by atoms with Gasteiger partial charge in [-0.25, -0.2) is 18.7 Å². The summed E-state index contributed by atoms with van der Waals surface area (Å²) in [5.41, 5.74) is 0.474. The van der Waals surface area contributed by atoms with Crippen LogP contribution in [0.3, 0.4) is 0 Å². The minimum Gasteiger partial charge on any atom is -0.394 e. The zero-order valence-corrected chi connectivity index (χ0v) is 17.0. The van der Waals surface area contributed by atoms with E-state index in [1.54, 1.807) is 6.07 Å². The van der Waals surface area contributed by atoms with Gasteiger partial charge in [0.25, 0.3) is 5.91 Å². The van der Waals surface area contributed by atoms with Crippen molar-refractivity contribution in [1.29, 1.82) is 0 Å². The Kier molecular flexibility index (Phi) is 8.82. The molecule has 7 nitrogen and oxygen atoms in total. The van der Waals surface area contributed by atoms with Gasteiger partial charge in [-0.2, -0.15) is 0 Å². The molecule has 0 saturated heterocycles. The van der Waals surface area contributed by atoms with Crippen LogP contribution in [0, 0.1) is 21.0 Å². The van der Waals surface area contributed by atoms with E-state index >= 15 is 0 Å². The number of hydrogen-bond donors (Lipinski definition) is 4. The van der Waals surface area contributed by atoms with Crippen LogP contribution in [-0.2, 0) is 4.84 Å². The number of anilines is 2. The van der Waals surface area contributed by atoms with Crippen molar-refractivity contribution >= 4 is 46.1 Å². The number of amides is 1. The topological polar surface area (TPSA) is 103 Å². The van der Waals surface area contributed by atoms with E-state index in [2.05, 4.69) is 10.3 Å². The van der Waals surface area contributed by atoms with Crippen molar-refractivity contribution in [1.82, 2.24) is 5.48 Å². The molecule has 156 valence electrons. The van der Waals surface area contributed by atoms with Gasteiger partial charge in [0.1, 0.15) is 5.82 Å². The van der Waals surface area contributed by atoms with Crippen LogP contribution in [0.4, 0.5) is 24.5 Å². The zero-order chi connectivity index (χ0) is 21.4. The van der Waals surface area contributed by atoms with Gasteiger partial charge in [-0.05, 0) is 46.9 Å². The quantitative estimate of drug-likeness (QED) is 0.175. The number of carbonyl (C=O) groups excluding carboxylic acids is 1. The van der Waals surface area contributed by atoms with Crippen molar-refractivity contribution in [3.05, 3.63) is 56.4 Å². The van der Waals surface area contributed by atoms with Gasteiger partial charge in [0.2, 0.25) is 0 Å². The predicted octanol–water partition coefficient (Wildman–Crippen LogP) is 2.52. The molecule has 0 saturated carbocycles. The van der Waals surface area contributed by atoms with Crippen LogP contribution in [-0.4, -0.2) is 48.7 Å². The third-order valence-electron chi connectivity index (χ3n) is 3.49. The number of aliphatic imine (C=N–C) groups is 1. The average Bonchev–Trinajstić information content (AvgIpc) is 2.69. The molecule has 2 aromatic carbocycles. The standard InChI is InChI=1S/C18H17F3IN3O4/c19-13-8-11(22)1-2-14(13)24-17-12(18(28)25-29-6-5-27)7-10(9-23-3-4-26)15(20)16(17)21/h1-2,7-9,24,26-27H,3-6H2,(H,25,28). The Morgan fingerprint density at radius 2 is 1.93 bits per heavy atom. The van der Waals surface area contributed by atoms with E-state index in [1.165, 1.54) is 12.1 Å². The van der Waals surface area contributed by atoms with Gasteiger partial charge in [-0.3, -0.25) is 14.6 Å². The number of nitrogens with zero attached hydrogens (tertiary/aromatic N) is 1. The van der Waals surface area contributed by atoms with Crippen LogP contribution in [0.15, 0.2) is 29.3 Å². The molecule has 0 fully saturated rings. The minimum atomic E-state index is -1.43. The van der Waals surface area contributed by atoms with Crippen LogP contribution < -0.4 is 10.8 Å². The van der Waals surface area contributed by atoms with E-state index in [0.29, 0.717) is 3.57 Å². The highest BCUT2D eigenvalue weighted by Gasteiger charge is 2.23. The number of aliphatic hydroxyl groups is 2. The Balaban J connectivity index is 2.50. The molecule has 0 aliphatic carbocycles. The molecule has 4 N–H and O–H groups in total. The number of aliphatic hydroxyl groups excluding tert-OH is 2.